The number of anilines is 2. The largest absolute Gasteiger partial charge is 0.416 e. The lowest BCUT2D eigenvalue weighted by Gasteiger charge is -2.36. The van der Waals surface area contributed by atoms with E-state index in [0.29, 0.717) is 15.6 Å². The van der Waals surface area contributed by atoms with Gasteiger partial charge in [0.1, 0.15) is 11.8 Å². The number of amides is 3. The molecule has 0 radical (unpaired) electrons. The number of rotatable bonds is 4. The summed E-state index contributed by atoms with van der Waals surface area (Å²) in [6, 6.07) is 17.1. The third-order valence-electron chi connectivity index (χ3n) is 7.50. The van der Waals surface area contributed by atoms with Gasteiger partial charge in [-0.25, -0.2) is 4.90 Å². The molecule has 2 aliphatic rings. The minimum atomic E-state index is -4.64. The summed E-state index contributed by atoms with van der Waals surface area (Å²) in [5.74, 6) is -2.63. The number of nitrogens with one attached hydrogen (secondary N) is 1. The average Bonchev–Trinajstić information content (AvgIpc) is 3.37. The SMILES string of the molecule is CC1(C)c2sc(=O)n(CC(=O)Nc3cccc4ccccc34)c2S[C@@H]2C(=O)N(c3cccc(C(F)(F)F)c3)C(=O)[C@@H]21. The second-order valence-corrected chi connectivity index (χ2v) is 12.6. The lowest BCUT2D eigenvalue weighted by atomic mass is 9.76. The van der Waals surface area contributed by atoms with Gasteiger partial charge in [0, 0.05) is 21.4 Å². The zero-order valence-electron chi connectivity index (χ0n) is 21.7. The smallest absolute Gasteiger partial charge is 0.324 e. The molecular formula is C29H22F3N3O4S2. The van der Waals surface area contributed by atoms with Crippen LogP contribution in [0.15, 0.2) is 76.6 Å². The predicted octanol–water partition coefficient (Wildman–Crippen LogP) is 5.66. The van der Waals surface area contributed by atoms with E-state index in [1.54, 1.807) is 19.9 Å². The van der Waals surface area contributed by atoms with Crippen LogP contribution >= 0.6 is 23.1 Å². The van der Waals surface area contributed by atoms with Crippen LogP contribution in [0.5, 0.6) is 0 Å². The second kappa shape index (κ2) is 9.59. The molecule has 41 heavy (non-hydrogen) atoms. The number of alkyl halides is 3. The molecule has 0 aliphatic carbocycles. The average molecular weight is 598 g/mol. The molecule has 7 nitrogen and oxygen atoms in total. The Hall–Kier alpha value is -3.90. The Morgan fingerprint density at radius 1 is 0.976 bits per heavy atom. The van der Waals surface area contributed by atoms with Crippen molar-refractivity contribution in [2.75, 3.05) is 10.2 Å². The van der Waals surface area contributed by atoms with Gasteiger partial charge in [-0.1, -0.05) is 79.4 Å². The van der Waals surface area contributed by atoms with Crippen LogP contribution in [0.2, 0.25) is 0 Å². The third-order valence-corrected chi connectivity index (χ3v) is 10.3. The summed E-state index contributed by atoms with van der Waals surface area (Å²) in [5.41, 5.74) is -1.53. The zero-order valence-corrected chi connectivity index (χ0v) is 23.3. The molecule has 1 N–H and O–H groups in total. The number of carbonyl (C=O) groups is 3. The molecule has 0 bridgehead atoms. The van der Waals surface area contributed by atoms with E-state index in [1.807, 2.05) is 36.4 Å². The van der Waals surface area contributed by atoms with E-state index >= 15 is 0 Å². The highest BCUT2D eigenvalue weighted by molar-refractivity contribution is 8.00. The highest BCUT2D eigenvalue weighted by Crippen LogP contribution is 2.54. The molecule has 3 aromatic carbocycles. The van der Waals surface area contributed by atoms with Crippen molar-refractivity contribution in [3.63, 3.8) is 0 Å². The number of thioether (sulfide) groups is 1. The monoisotopic (exact) mass is 597 g/mol. The first-order chi connectivity index (χ1) is 19.4. The highest BCUT2D eigenvalue weighted by Gasteiger charge is 2.59. The van der Waals surface area contributed by atoms with Crippen LogP contribution in [-0.4, -0.2) is 27.5 Å². The molecule has 6 rings (SSSR count). The Balaban J connectivity index is 1.32. The predicted molar refractivity (Wildman–Crippen MR) is 151 cm³/mol. The molecule has 2 aliphatic heterocycles. The molecule has 3 amide bonds. The van der Waals surface area contributed by atoms with E-state index in [0.717, 1.165) is 57.0 Å². The van der Waals surface area contributed by atoms with Gasteiger partial charge in [-0.3, -0.25) is 23.7 Å². The number of carbonyl (C=O) groups excluding carboxylic acids is 3. The van der Waals surface area contributed by atoms with E-state index in [2.05, 4.69) is 5.32 Å². The Morgan fingerprint density at radius 3 is 2.44 bits per heavy atom. The number of imide groups is 1. The summed E-state index contributed by atoms with van der Waals surface area (Å²) in [6.45, 7) is 3.16. The Bertz CT molecular complexity index is 1810. The quantitative estimate of drug-likeness (QED) is 0.307. The first kappa shape index (κ1) is 27.3. The summed E-state index contributed by atoms with van der Waals surface area (Å²) in [6.07, 6.45) is -4.64. The fraction of sp³-hybridized carbons (Fsp3) is 0.241. The van der Waals surface area contributed by atoms with E-state index < -0.39 is 50.9 Å². The molecule has 4 aromatic rings. The number of aromatic nitrogens is 1. The molecule has 12 heteroatoms. The second-order valence-electron chi connectivity index (χ2n) is 10.5. The molecular weight excluding hydrogens is 575 g/mol. The van der Waals surface area contributed by atoms with Crippen molar-refractivity contribution in [3.05, 3.63) is 86.8 Å². The Morgan fingerprint density at radius 2 is 1.68 bits per heavy atom. The molecule has 2 atom stereocenters. The van der Waals surface area contributed by atoms with Gasteiger partial charge in [0.2, 0.25) is 17.7 Å². The third kappa shape index (κ3) is 4.45. The van der Waals surface area contributed by atoms with Crippen LogP contribution < -0.4 is 15.1 Å². The first-order valence-electron chi connectivity index (χ1n) is 12.6. The molecule has 0 spiro atoms. The summed E-state index contributed by atoms with van der Waals surface area (Å²) in [7, 11) is 0. The van der Waals surface area contributed by atoms with E-state index in [9.17, 15) is 32.3 Å². The fourth-order valence-corrected chi connectivity index (χ4v) is 8.55. The van der Waals surface area contributed by atoms with Crippen molar-refractivity contribution >= 4 is 63.0 Å². The Labute approximate surface area is 240 Å². The maximum absolute atomic E-state index is 13.6. The number of benzene rings is 3. The van der Waals surface area contributed by atoms with E-state index in [4.69, 9.17) is 0 Å². The van der Waals surface area contributed by atoms with Gasteiger partial charge in [0.25, 0.3) is 0 Å². The van der Waals surface area contributed by atoms with Gasteiger partial charge in [-0.15, -0.1) is 0 Å². The number of nitrogens with zero attached hydrogens (tertiary/aromatic N) is 2. The normalized spacial score (nSPS) is 19.8. The van der Waals surface area contributed by atoms with Crippen LogP contribution in [0, 0.1) is 5.92 Å². The van der Waals surface area contributed by atoms with Crippen LogP contribution in [-0.2, 0) is 32.5 Å². The summed E-state index contributed by atoms with van der Waals surface area (Å²) >= 11 is 1.91. The maximum atomic E-state index is 13.6. The summed E-state index contributed by atoms with van der Waals surface area (Å²) in [5, 5.41) is 4.08. The number of halogens is 3. The van der Waals surface area contributed by atoms with Crippen LogP contribution in [0.25, 0.3) is 10.8 Å². The van der Waals surface area contributed by atoms with E-state index in [1.165, 1.54) is 10.6 Å². The van der Waals surface area contributed by atoms with Crippen molar-refractivity contribution in [2.45, 2.75) is 42.3 Å². The topological polar surface area (TPSA) is 88.5 Å². The Kier molecular flexibility index (Phi) is 6.38. The molecule has 3 heterocycles. The van der Waals surface area contributed by atoms with Gasteiger partial charge >= 0.3 is 11.0 Å². The van der Waals surface area contributed by atoms with Gasteiger partial charge in [-0.2, -0.15) is 13.2 Å². The molecule has 1 saturated heterocycles. The maximum Gasteiger partial charge on any atom is 0.416 e. The van der Waals surface area contributed by atoms with Crippen LogP contribution in [0.1, 0.15) is 24.3 Å². The van der Waals surface area contributed by atoms with Gasteiger partial charge in [0.05, 0.1) is 22.2 Å². The first-order valence-corrected chi connectivity index (χ1v) is 14.3. The molecule has 0 unspecified atom stereocenters. The minimum absolute atomic E-state index is 0.157. The van der Waals surface area contributed by atoms with Crippen LogP contribution in [0.3, 0.4) is 0 Å². The standard InChI is InChI=1S/C29H22F3N3O4S2/c1-28(2)21-22(25(38)35(24(21)37)17-10-6-9-16(13-17)29(30,31)32)40-26-23(28)41-27(39)34(26)14-20(36)33-19-12-5-8-15-7-3-4-11-18(15)19/h3-13,21-22H,14H2,1-2H3,(H,33,36)/t21-,22+/m1/s1. The van der Waals surface area contributed by atoms with Crippen molar-refractivity contribution < 1.29 is 27.6 Å². The number of hydrogen-bond donors (Lipinski definition) is 1. The van der Waals surface area contributed by atoms with E-state index in [-0.39, 0.29) is 12.2 Å². The number of hydrogen-bond acceptors (Lipinski definition) is 6. The van der Waals surface area contributed by atoms with Crippen molar-refractivity contribution in [3.8, 4) is 0 Å². The van der Waals surface area contributed by atoms with Crippen LogP contribution in [0.4, 0.5) is 24.5 Å². The molecule has 0 saturated carbocycles. The number of fused-ring (bicyclic) bond motifs is 3. The lowest BCUT2D eigenvalue weighted by molar-refractivity contribution is -0.137. The van der Waals surface area contributed by atoms with Crippen molar-refractivity contribution in [1.82, 2.24) is 4.57 Å². The van der Waals surface area contributed by atoms with Gasteiger partial charge in [-0.05, 0) is 29.7 Å². The summed E-state index contributed by atoms with van der Waals surface area (Å²) in [4.78, 5) is 54.3. The van der Waals surface area contributed by atoms with Crippen molar-refractivity contribution in [2.24, 2.45) is 5.92 Å². The summed E-state index contributed by atoms with van der Waals surface area (Å²) < 4.78 is 41.4. The lowest BCUT2D eigenvalue weighted by Crippen LogP contribution is -2.42. The zero-order chi connectivity index (χ0) is 29.3. The van der Waals surface area contributed by atoms with Gasteiger partial charge < -0.3 is 5.32 Å². The molecule has 1 fully saturated rings. The molecule has 1 aromatic heterocycles. The highest BCUT2D eigenvalue weighted by atomic mass is 32.2. The fourth-order valence-electron chi connectivity index (χ4n) is 5.51. The van der Waals surface area contributed by atoms with Crippen molar-refractivity contribution in [1.29, 1.82) is 0 Å². The number of thiazole rings is 1. The van der Waals surface area contributed by atoms with Gasteiger partial charge in [0.15, 0.2) is 0 Å². The molecule has 210 valence electrons. The minimum Gasteiger partial charge on any atom is -0.324 e.